The van der Waals surface area contributed by atoms with Gasteiger partial charge in [-0.25, -0.2) is 0 Å². The molecule has 1 saturated heterocycles. The summed E-state index contributed by atoms with van der Waals surface area (Å²) in [6, 6.07) is 0.496. The van der Waals surface area contributed by atoms with Crippen molar-refractivity contribution in [1.82, 2.24) is 9.80 Å². The first-order chi connectivity index (χ1) is 6.94. The molecular weight excluding hydrogens is 190 g/mol. The van der Waals surface area contributed by atoms with Gasteiger partial charge in [-0.15, -0.1) is 0 Å². The molecule has 1 fully saturated rings. The second-order valence-corrected chi connectivity index (χ2v) is 5.14. The van der Waals surface area contributed by atoms with Crippen LogP contribution in [0.3, 0.4) is 0 Å². The molecule has 0 bridgehead atoms. The van der Waals surface area contributed by atoms with E-state index in [-0.39, 0.29) is 0 Å². The van der Waals surface area contributed by atoms with Crippen LogP contribution in [0.15, 0.2) is 0 Å². The Balaban J connectivity index is 2.53. The third-order valence-electron chi connectivity index (χ3n) is 3.17. The minimum absolute atomic E-state index is 0.325. The third kappa shape index (κ3) is 4.07. The van der Waals surface area contributed by atoms with Crippen molar-refractivity contribution >= 4 is 0 Å². The Labute approximate surface area is 93.0 Å². The van der Waals surface area contributed by atoms with E-state index < -0.39 is 5.60 Å². The number of rotatable bonds is 3. The summed E-state index contributed by atoms with van der Waals surface area (Å²) in [4.78, 5) is 4.69. The first kappa shape index (κ1) is 12.9. The van der Waals surface area contributed by atoms with E-state index >= 15 is 0 Å². The van der Waals surface area contributed by atoms with Gasteiger partial charge in [0.1, 0.15) is 0 Å². The molecule has 0 aliphatic carbocycles. The van der Waals surface area contributed by atoms with Gasteiger partial charge in [0.25, 0.3) is 0 Å². The van der Waals surface area contributed by atoms with E-state index in [0.717, 1.165) is 19.6 Å². The van der Waals surface area contributed by atoms with E-state index in [4.69, 9.17) is 5.73 Å². The fraction of sp³-hybridized carbons (Fsp3) is 1.00. The summed E-state index contributed by atoms with van der Waals surface area (Å²) in [5, 5.41) is 9.97. The molecule has 1 heterocycles. The summed E-state index contributed by atoms with van der Waals surface area (Å²) in [7, 11) is 2.15. The SMILES string of the molecule is CC1CN(C)CCCN1CC(C)(O)CN. The van der Waals surface area contributed by atoms with Gasteiger partial charge in [-0.3, -0.25) is 4.90 Å². The van der Waals surface area contributed by atoms with Crippen LogP contribution >= 0.6 is 0 Å². The smallest absolute Gasteiger partial charge is 0.0867 e. The lowest BCUT2D eigenvalue weighted by Gasteiger charge is -2.34. The van der Waals surface area contributed by atoms with E-state index in [1.54, 1.807) is 0 Å². The predicted octanol–water partition coefficient (Wildman–Crippen LogP) is -0.278. The maximum absolute atomic E-state index is 9.97. The highest BCUT2D eigenvalue weighted by molar-refractivity contribution is 4.83. The van der Waals surface area contributed by atoms with Crippen molar-refractivity contribution in [3.05, 3.63) is 0 Å². The summed E-state index contributed by atoms with van der Waals surface area (Å²) >= 11 is 0. The molecule has 15 heavy (non-hydrogen) atoms. The van der Waals surface area contributed by atoms with Gasteiger partial charge in [0, 0.05) is 25.7 Å². The summed E-state index contributed by atoms with van der Waals surface area (Å²) in [6.07, 6.45) is 1.17. The number of likely N-dealkylation sites (N-methyl/N-ethyl adjacent to an activating group) is 1. The number of aliphatic hydroxyl groups is 1. The first-order valence-corrected chi connectivity index (χ1v) is 5.79. The predicted molar refractivity (Wildman–Crippen MR) is 62.8 cm³/mol. The Morgan fingerprint density at radius 3 is 2.73 bits per heavy atom. The Morgan fingerprint density at radius 2 is 2.13 bits per heavy atom. The molecule has 0 saturated carbocycles. The average molecular weight is 215 g/mol. The monoisotopic (exact) mass is 215 g/mol. The lowest BCUT2D eigenvalue weighted by atomic mass is 10.1. The number of nitrogens with two attached hydrogens (primary N) is 1. The molecule has 2 atom stereocenters. The van der Waals surface area contributed by atoms with Gasteiger partial charge in [-0.2, -0.15) is 0 Å². The van der Waals surface area contributed by atoms with E-state index in [2.05, 4.69) is 23.8 Å². The molecule has 4 nitrogen and oxygen atoms in total. The number of hydrogen-bond donors (Lipinski definition) is 2. The molecular formula is C11H25N3O. The van der Waals surface area contributed by atoms with Gasteiger partial charge in [0.2, 0.25) is 0 Å². The van der Waals surface area contributed by atoms with Gasteiger partial charge < -0.3 is 15.7 Å². The van der Waals surface area contributed by atoms with E-state index in [9.17, 15) is 5.11 Å². The van der Waals surface area contributed by atoms with Gasteiger partial charge in [0.05, 0.1) is 5.60 Å². The lowest BCUT2D eigenvalue weighted by molar-refractivity contribution is 0.0162. The minimum Gasteiger partial charge on any atom is -0.388 e. The maximum atomic E-state index is 9.97. The van der Waals surface area contributed by atoms with Crippen molar-refractivity contribution in [3.8, 4) is 0 Å². The van der Waals surface area contributed by atoms with Crippen LogP contribution in [0, 0.1) is 0 Å². The zero-order valence-electron chi connectivity index (χ0n) is 10.2. The van der Waals surface area contributed by atoms with Crippen LogP contribution in [-0.2, 0) is 0 Å². The topological polar surface area (TPSA) is 52.7 Å². The normalized spacial score (nSPS) is 29.8. The van der Waals surface area contributed by atoms with Crippen LogP contribution in [0.4, 0.5) is 0 Å². The molecule has 3 N–H and O–H groups in total. The second kappa shape index (κ2) is 5.25. The molecule has 1 aliphatic rings. The van der Waals surface area contributed by atoms with Crippen LogP contribution in [0.5, 0.6) is 0 Å². The maximum Gasteiger partial charge on any atom is 0.0867 e. The zero-order valence-corrected chi connectivity index (χ0v) is 10.2. The number of hydrogen-bond acceptors (Lipinski definition) is 4. The molecule has 0 aromatic rings. The molecule has 0 aromatic heterocycles. The molecule has 90 valence electrons. The third-order valence-corrected chi connectivity index (χ3v) is 3.17. The fourth-order valence-electron chi connectivity index (χ4n) is 2.16. The van der Waals surface area contributed by atoms with Gasteiger partial charge >= 0.3 is 0 Å². The quantitative estimate of drug-likeness (QED) is 0.680. The van der Waals surface area contributed by atoms with E-state index in [0.29, 0.717) is 19.1 Å². The van der Waals surface area contributed by atoms with Crippen molar-refractivity contribution in [2.45, 2.75) is 31.9 Å². The molecule has 4 heteroatoms. The number of nitrogens with zero attached hydrogens (tertiary/aromatic N) is 2. The highest BCUT2D eigenvalue weighted by Crippen LogP contribution is 2.12. The minimum atomic E-state index is -0.753. The van der Waals surface area contributed by atoms with Crippen molar-refractivity contribution in [2.75, 3.05) is 39.8 Å². The Morgan fingerprint density at radius 1 is 1.47 bits per heavy atom. The number of β-amino-alcohol motifs (C(OH)–C–C–N with tert-alkyl or cyclic N) is 1. The van der Waals surface area contributed by atoms with Crippen LogP contribution < -0.4 is 5.73 Å². The molecule has 1 rings (SSSR count). The molecule has 0 aromatic carbocycles. The summed E-state index contributed by atoms with van der Waals surface area (Å²) in [5.41, 5.74) is 4.80. The van der Waals surface area contributed by atoms with Crippen LogP contribution in [0.2, 0.25) is 0 Å². The van der Waals surface area contributed by atoms with Crippen molar-refractivity contribution in [3.63, 3.8) is 0 Å². The van der Waals surface area contributed by atoms with E-state index in [1.165, 1.54) is 6.42 Å². The molecule has 0 amide bonds. The van der Waals surface area contributed by atoms with Crippen LogP contribution in [0.25, 0.3) is 0 Å². The molecule has 2 unspecified atom stereocenters. The average Bonchev–Trinajstić information content (AvgIpc) is 2.29. The van der Waals surface area contributed by atoms with Crippen LogP contribution in [0.1, 0.15) is 20.3 Å². The highest BCUT2D eigenvalue weighted by Gasteiger charge is 2.27. The standard InChI is InChI=1S/C11H25N3O/c1-10-7-13(3)5-4-6-14(10)9-11(2,15)8-12/h10,15H,4-9,12H2,1-3H3. The van der Waals surface area contributed by atoms with Crippen LogP contribution in [-0.4, -0.2) is 66.3 Å². The first-order valence-electron chi connectivity index (χ1n) is 5.79. The lowest BCUT2D eigenvalue weighted by Crippen LogP contribution is -2.50. The molecule has 1 aliphatic heterocycles. The highest BCUT2D eigenvalue weighted by atomic mass is 16.3. The summed E-state index contributed by atoms with van der Waals surface area (Å²) in [6.45, 7) is 8.31. The largest absolute Gasteiger partial charge is 0.388 e. The summed E-state index contributed by atoms with van der Waals surface area (Å²) in [5.74, 6) is 0. The van der Waals surface area contributed by atoms with E-state index in [1.807, 2.05) is 6.92 Å². The summed E-state index contributed by atoms with van der Waals surface area (Å²) < 4.78 is 0. The molecule has 0 radical (unpaired) electrons. The second-order valence-electron chi connectivity index (χ2n) is 5.14. The zero-order chi connectivity index (χ0) is 11.5. The van der Waals surface area contributed by atoms with Crippen molar-refractivity contribution < 1.29 is 5.11 Å². The fourth-order valence-corrected chi connectivity index (χ4v) is 2.16. The Bertz CT molecular complexity index is 196. The van der Waals surface area contributed by atoms with Crippen molar-refractivity contribution in [1.29, 1.82) is 0 Å². The van der Waals surface area contributed by atoms with Gasteiger partial charge in [0.15, 0.2) is 0 Å². The van der Waals surface area contributed by atoms with Gasteiger partial charge in [-0.05, 0) is 40.4 Å². The Hall–Kier alpha value is -0.160. The Kier molecular flexibility index (Phi) is 4.52. The molecule has 0 spiro atoms. The van der Waals surface area contributed by atoms with Crippen molar-refractivity contribution in [2.24, 2.45) is 5.73 Å². The van der Waals surface area contributed by atoms with Gasteiger partial charge in [-0.1, -0.05) is 0 Å².